The van der Waals surface area contributed by atoms with Crippen LogP contribution in [0.1, 0.15) is 46.5 Å². The summed E-state index contributed by atoms with van der Waals surface area (Å²) in [5.74, 6) is 0.369. The fourth-order valence-corrected chi connectivity index (χ4v) is 2.69. The highest BCUT2D eigenvalue weighted by atomic mass is 16.5. The molecule has 0 saturated heterocycles. The first-order valence-electron chi connectivity index (χ1n) is 6.21. The number of hydrogen-bond acceptors (Lipinski definition) is 3. The molecule has 1 fully saturated rings. The quantitative estimate of drug-likeness (QED) is 0.754. The number of esters is 1. The summed E-state index contributed by atoms with van der Waals surface area (Å²) in [6.45, 7) is 6.13. The van der Waals surface area contributed by atoms with Crippen LogP contribution < -0.4 is 0 Å². The molecule has 16 heavy (non-hydrogen) atoms. The maximum atomic E-state index is 11.5. The first-order valence-corrected chi connectivity index (χ1v) is 6.21. The van der Waals surface area contributed by atoms with E-state index in [1.54, 1.807) is 6.92 Å². The SMILES string of the molecule is COC(=O)C(C)C1(O)CCCC(C(C)C)C1. The molecule has 1 saturated carbocycles. The van der Waals surface area contributed by atoms with Crippen LogP contribution in [0, 0.1) is 17.8 Å². The van der Waals surface area contributed by atoms with E-state index >= 15 is 0 Å². The third kappa shape index (κ3) is 2.76. The molecule has 0 aromatic rings. The topological polar surface area (TPSA) is 46.5 Å². The van der Waals surface area contributed by atoms with Crippen LogP contribution in [-0.2, 0) is 9.53 Å². The van der Waals surface area contributed by atoms with Gasteiger partial charge in [-0.3, -0.25) is 4.79 Å². The summed E-state index contributed by atoms with van der Waals surface area (Å²) in [6.07, 6.45) is 3.60. The van der Waals surface area contributed by atoms with Gasteiger partial charge in [0.1, 0.15) is 0 Å². The van der Waals surface area contributed by atoms with Gasteiger partial charge in [-0.05, 0) is 38.0 Å². The smallest absolute Gasteiger partial charge is 0.311 e. The second-order valence-corrected chi connectivity index (χ2v) is 5.45. The average molecular weight is 228 g/mol. The highest BCUT2D eigenvalue weighted by molar-refractivity contribution is 5.73. The fourth-order valence-electron chi connectivity index (χ4n) is 2.69. The highest BCUT2D eigenvalue weighted by Gasteiger charge is 2.43. The van der Waals surface area contributed by atoms with Crippen molar-refractivity contribution in [1.29, 1.82) is 0 Å². The Balaban J connectivity index is 2.72. The summed E-state index contributed by atoms with van der Waals surface area (Å²) < 4.78 is 4.73. The molecule has 0 spiro atoms. The maximum Gasteiger partial charge on any atom is 0.311 e. The maximum absolute atomic E-state index is 11.5. The lowest BCUT2D eigenvalue weighted by atomic mass is 9.69. The van der Waals surface area contributed by atoms with Crippen molar-refractivity contribution in [2.75, 3.05) is 7.11 Å². The Kier molecular flexibility index (Phi) is 4.36. The molecule has 0 aromatic carbocycles. The van der Waals surface area contributed by atoms with E-state index in [1.165, 1.54) is 7.11 Å². The van der Waals surface area contributed by atoms with E-state index in [1.807, 2.05) is 0 Å². The minimum atomic E-state index is -0.861. The van der Waals surface area contributed by atoms with Gasteiger partial charge in [0.05, 0.1) is 18.6 Å². The zero-order valence-electron chi connectivity index (χ0n) is 10.8. The van der Waals surface area contributed by atoms with E-state index in [4.69, 9.17) is 4.74 Å². The molecular formula is C13H24O3. The highest BCUT2D eigenvalue weighted by Crippen LogP contribution is 2.40. The van der Waals surface area contributed by atoms with Crippen LogP contribution in [0.4, 0.5) is 0 Å². The van der Waals surface area contributed by atoms with Gasteiger partial charge in [-0.15, -0.1) is 0 Å². The van der Waals surface area contributed by atoms with Gasteiger partial charge in [0.25, 0.3) is 0 Å². The number of ether oxygens (including phenoxy) is 1. The monoisotopic (exact) mass is 228 g/mol. The zero-order chi connectivity index (χ0) is 12.3. The summed E-state index contributed by atoms with van der Waals surface area (Å²) in [7, 11) is 1.38. The minimum absolute atomic E-state index is 0.299. The fraction of sp³-hybridized carbons (Fsp3) is 0.923. The predicted molar refractivity (Wildman–Crippen MR) is 62.9 cm³/mol. The Labute approximate surface area is 98.2 Å². The van der Waals surface area contributed by atoms with Crippen molar-refractivity contribution >= 4 is 5.97 Å². The van der Waals surface area contributed by atoms with Gasteiger partial charge in [0.15, 0.2) is 0 Å². The Morgan fingerprint density at radius 1 is 1.44 bits per heavy atom. The molecule has 0 radical (unpaired) electrons. The Hall–Kier alpha value is -0.570. The molecule has 1 rings (SSSR count). The summed E-state index contributed by atoms with van der Waals surface area (Å²) >= 11 is 0. The van der Waals surface area contributed by atoms with Gasteiger partial charge in [-0.1, -0.05) is 20.3 Å². The van der Waals surface area contributed by atoms with Crippen molar-refractivity contribution in [3.8, 4) is 0 Å². The van der Waals surface area contributed by atoms with E-state index < -0.39 is 11.5 Å². The van der Waals surface area contributed by atoms with Crippen LogP contribution in [0.5, 0.6) is 0 Å². The number of aliphatic hydroxyl groups is 1. The van der Waals surface area contributed by atoms with Gasteiger partial charge < -0.3 is 9.84 Å². The van der Waals surface area contributed by atoms with Crippen LogP contribution >= 0.6 is 0 Å². The van der Waals surface area contributed by atoms with Crippen molar-refractivity contribution < 1.29 is 14.6 Å². The lowest BCUT2D eigenvalue weighted by molar-refractivity contribution is -0.159. The van der Waals surface area contributed by atoms with Gasteiger partial charge >= 0.3 is 5.97 Å². The molecule has 1 aliphatic carbocycles. The van der Waals surface area contributed by atoms with Gasteiger partial charge in [0, 0.05) is 0 Å². The molecule has 3 atom stereocenters. The number of carbonyl (C=O) groups is 1. The van der Waals surface area contributed by atoms with E-state index in [-0.39, 0.29) is 5.97 Å². The summed E-state index contributed by atoms with van der Waals surface area (Å²) in [4.78, 5) is 11.5. The van der Waals surface area contributed by atoms with Crippen molar-refractivity contribution in [3.05, 3.63) is 0 Å². The van der Waals surface area contributed by atoms with Crippen molar-refractivity contribution in [1.82, 2.24) is 0 Å². The van der Waals surface area contributed by atoms with E-state index in [0.717, 1.165) is 19.3 Å². The molecule has 3 heteroatoms. The van der Waals surface area contributed by atoms with E-state index in [9.17, 15) is 9.90 Å². The predicted octanol–water partition coefficient (Wildman–Crippen LogP) is 2.37. The lowest BCUT2D eigenvalue weighted by Gasteiger charge is -2.41. The normalized spacial score (nSPS) is 32.5. The van der Waals surface area contributed by atoms with E-state index in [2.05, 4.69) is 13.8 Å². The van der Waals surface area contributed by atoms with Gasteiger partial charge in [-0.2, -0.15) is 0 Å². The third-order valence-electron chi connectivity index (χ3n) is 4.10. The van der Waals surface area contributed by atoms with Crippen molar-refractivity contribution in [3.63, 3.8) is 0 Å². The molecule has 0 amide bonds. The molecule has 0 aliphatic heterocycles. The third-order valence-corrected chi connectivity index (χ3v) is 4.10. The standard InChI is InChI=1S/C13H24O3/c1-9(2)11-6-5-7-13(15,8-11)10(3)12(14)16-4/h9-11,15H,5-8H2,1-4H3. The van der Waals surface area contributed by atoms with Crippen LogP contribution in [0.2, 0.25) is 0 Å². The molecule has 94 valence electrons. The van der Waals surface area contributed by atoms with Gasteiger partial charge in [-0.25, -0.2) is 0 Å². The van der Waals surface area contributed by atoms with Crippen LogP contribution in [0.15, 0.2) is 0 Å². The van der Waals surface area contributed by atoms with Crippen molar-refractivity contribution in [2.45, 2.75) is 52.1 Å². The number of carbonyl (C=O) groups excluding carboxylic acids is 1. The second kappa shape index (κ2) is 5.17. The lowest BCUT2D eigenvalue weighted by Crippen LogP contribution is -2.45. The molecule has 0 bridgehead atoms. The summed E-state index contributed by atoms with van der Waals surface area (Å²) in [6, 6.07) is 0. The Morgan fingerprint density at radius 2 is 2.06 bits per heavy atom. The summed E-state index contributed by atoms with van der Waals surface area (Å²) in [5.41, 5.74) is -0.861. The van der Waals surface area contributed by atoms with E-state index in [0.29, 0.717) is 18.3 Å². The largest absolute Gasteiger partial charge is 0.469 e. The molecule has 1 N–H and O–H groups in total. The van der Waals surface area contributed by atoms with Crippen LogP contribution in [0.3, 0.4) is 0 Å². The molecule has 1 aliphatic rings. The molecular weight excluding hydrogens is 204 g/mol. The zero-order valence-corrected chi connectivity index (χ0v) is 10.8. The van der Waals surface area contributed by atoms with Gasteiger partial charge in [0.2, 0.25) is 0 Å². The Bertz CT molecular complexity index is 250. The minimum Gasteiger partial charge on any atom is -0.469 e. The van der Waals surface area contributed by atoms with Crippen LogP contribution in [-0.4, -0.2) is 23.8 Å². The van der Waals surface area contributed by atoms with Crippen LogP contribution in [0.25, 0.3) is 0 Å². The molecule has 3 unspecified atom stereocenters. The molecule has 0 aromatic heterocycles. The molecule has 3 nitrogen and oxygen atoms in total. The summed E-state index contributed by atoms with van der Waals surface area (Å²) in [5, 5.41) is 10.6. The first kappa shape index (κ1) is 13.5. The first-order chi connectivity index (χ1) is 7.40. The Morgan fingerprint density at radius 3 is 2.56 bits per heavy atom. The second-order valence-electron chi connectivity index (χ2n) is 5.45. The number of methoxy groups -OCH3 is 1. The number of hydrogen-bond donors (Lipinski definition) is 1. The van der Waals surface area contributed by atoms with Crippen molar-refractivity contribution in [2.24, 2.45) is 17.8 Å². The average Bonchev–Trinajstić information content (AvgIpc) is 2.27. The number of rotatable bonds is 3. The molecule has 0 heterocycles.